The van der Waals surface area contributed by atoms with Crippen molar-refractivity contribution in [2.24, 2.45) is 0 Å². The third kappa shape index (κ3) is 1.65. The number of nitrogens with zero attached hydrogens (tertiary/aromatic N) is 3. The largest absolute Gasteiger partial charge is 0.277 e. The highest BCUT2D eigenvalue weighted by Crippen LogP contribution is 2.11. The quantitative estimate of drug-likeness (QED) is 0.780. The van der Waals surface area contributed by atoms with E-state index in [1.54, 1.807) is 6.20 Å². The fraction of sp³-hybridized carbons (Fsp3) is 0.444. The minimum Gasteiger partial charge on any atom is -0.267 e. The second-order valence-corrected chi connectivity index (χ2v) is 4.34. The van der Waals surface area contributed by atoms with Gasteiger partial charge in [-0.1, -0.05) is 25.6 Å². The van der Waals surface area contributed by atoms with Gasteiger partial charge in [-0.15, -0.1) is 0 Å². The molecule has 0 aromatic carbocycles. The first-order valence-electron chi connectivity index (χ1n) is 4.65. The standard InChI is InChI=1S/C9H12N4OS/c1-5(2)6-4-10-8-11-9(15-3)12-13(8)7(6)14/h4-5H,1-3H3,(H,10,11,12). The lowest BCUT2D eigenvalue weighted by atomic mass is 10.1. The van der Waals surface area contributed by atoms with Crippen molar-refractivity contribution >= 4 is 17.5 Å². The summed E-state index contributed by atoms with van der Waals surface area (Å²) in [6.07, 6.45) is 3.50. The maximum Gasteiger partial charge on any atom is 0.277 e. The van der Waals surface area contributed by atoms with Gasteiger partial charge in [0, 0.05) is 11.8 Å². The Hall–Kier alpha value is -1.30. The minimum atomic E-state index is -0.0669. The van der Waals surface area contributed by atoms with Gasteiger partial charge in [-0.2, -0.15) is 9.50 Å². The van der Waals surface area contributed by atoms with Gasteiger partial charge in [0.05, 0.1) is 0 Å². The van der Waals surface area contributed by atoms with E-state index in [-0.39, 0.29) is 11.5 Å². The summed E-state index contributed by atoms with van der Waals surface area (Å²) in [6, 6.07) is 0. The normalized spacial score (nSPS) is 11.5. The first kappa shape index (κ1) is 10.2. The zero-order valence-electron chi connectivity index (χ0n) is 8.81. The Morgan fingerprint density at radius 2 is 2.27 bits per heavy atom. The topological polar surface area (TPSA) is 63.1 Å². The molecule has 2 rings (SSSR count). The van der Waals surface area contributed by atoms with Gasteiger partial charge in [0.15, 0.2) is 5.16 Å². The van der Waals surface area contributed by atoms with Crippen LogP contribution in [-0.4, -0.2) is 25.8 Å². The summed E-state index contributed by atoms with van der Waals surface area (Å²) in [7, 11) is 0. The van der Waals surface area contributed by atoms with Gasteiger partial charge in [0.2, 0.25) is 0 Å². The van der Waals surface area contributed by atoms with Crippen molar-refractivity contribution in [1.29, 1.82) is 0 Å². The van der Waals surface area contributed by atoms with E-state index < -0.39 is 0 Å². The van der Waals surface area contributed by atoms with E-state index in [0.29, 0.717) is 16.5 Å². The number of hydrogen-bond donors (Lipinski definition) is 1. The van der Waals surface area contributed by atoms with E-state index in [9.17, 15) is 4.79 Å². The lowest BCUT2D eigenvalue weighted by Crippen LogP contribution is -2.20. The van der Waals surface area contributed by atoms with Crippen LogP contribution < -0.4 is 5.56 Å². The SMILES string of the molecule is CSc1nc2ncc(C(C)C)c(=O)n2[nH]1. The monoisotopic (exact) mass is 224 g/mol. The van der Waals surface area contributed by atoms with Crippen LogP contribution in [0.4, 0.5) is 0 Å². The molecule has 0 aliphatic rings. The Morgan fingerprint density at radius 3 is 2.87 bits per heavy atom. The van der Waals surface area contributed by atoms with Gasteiger partial charge in [0.1, 0.15) is 0 Å². The number of aromatic amines is 1. The second-order valence-electron chi connectivity index (χ2n) is 3.54. The molecule has 2 heterocycles. The maximum absolute atomic E-state index is 11.9. The molecule has 15 heavy (non-hydrogen) atoms. The van der Waals surface area contributed by atoms with Gasteiger partial charge < -0.3 is 0 Å². The van der Waals surface area contributed by atoms with E-state index in [0.717, 1.165) is 0 Å². The van der Waals surface area contributed by atoms with Crippen molar-refractivity contribution in [1.82, 2.24) is 19.6 Å². The zero-order valence-corrected chi connectivity index (χ0v) is 9.63. The molecule has 0 atom stereocenters. The smallest absolute Gasteiger partial charge is 0.267 e. The maximum atomic E-state index is 11.9. The number of aromatic nitrogens is 4. The highest BCUT2D eigenvalue weighted by atomic mass is 32.2. The number of thioether (sulfide) groups is 1. The van der Waals surface area contributed by atoms with Gasteiger partial charge in [-0.25, -0.2) is 4.98 Å². The molecule has 0 saturated carbocycles. The molecule has 2 aromatic heterocycles. The van der Waals surface area contributed by atoms with Crippen molar-refractivity contribution < 1.29 is 0 Å². The molecule has 1 N–H and O–H groups in total. The van der Waals surface area contributed by atoms with Gasteiger partial charge in [0.25, 0.3) is 11.3 Å². The van der Waals surface area contributed by atoms with Crippen LogP contribution in [0.3, 0.4) is 0 Å². The molecule has 0 unspecified atom stereocenters. The molecule has 0 saturated heterocycles. The van der Waals surface area contributed by atoms with Gasteiger partial charge in [-0.3, -0.25) is 9.89 Å². The average Bonchev–Trinajstić information content (AvgIpc) is 2.61. The van der Waals surface area contributed by atoms with Crippen LogP contribution >= 0.6 is 11.8 Å². The van der Waals surface area contributed by atoms with E-state index in [4.69, 9.17) is 0 Å². The molecule has 0 aliphatic heterocycles. The highest BCUT2D eigenvalue weighted by Gasteiger charge is 2.10. The van der Waals surface area contributed by atoms with Crippen molar-refractivity contribution in [3.63, 3.8) is 0 Å². The zero-order chi connectivity index (χ0) is 11.0. The first-order valence-corrected chi connectivity index (χ1v) is 5.87. The highest BCUT2D eigenvalue weighted by molar-refractivity contribution is 7.98. The van der Waals surface area contributed by atoms with Crippen LogP contribution in [0.25, 0.3) is 5.78 Å². The lowest BCUT2D eigenvalue weighted by molar-refractivity contribution is 0.780. The summed E-state index contributed by atoms with van der Waals surface area (Å²) >= 11 is 1.45. The summed E-state index contributed by atoms with van der Waals surface area (Å²) in [6.45, 7) is 3.94. The van der Waals surface area contributed by atoms with Crippen LogP contribution in [0.1, 0.15) is 25.3 Å². The molecular formula is C9H12N4OS. The number of fused-ring (bicyclic) bond motifs is 1. The third-order valence-electron chi connectivity index (χ3n) is 2.19. The van der Waals surface area contributed by atoms with Gasteiger partial charge in [-0.05, 0) is 12.2 Å². The molecule has 80 valence electrons. The molecule has 5 nitrogen and oxygen atoms in total. The Kier molecular flexibility index (Phi) is 2.52. The predicted octanol–water partition coefficient (Wildman–Crippen LogP) is 1.26. The molecule has 2 aromatic rings. The van der Waals surface area contributed by atoms with Crippen LogP contribution in [-0.2, 0) is 0 Å². The van der Waals surface area contributed by atoms with Crippen LogP contribution in [0.15, 0.2) is 16.1 Å². The number of hydrogen-bond acceptors (Lipinski definition) is 4. The molecule has 6 heteroatoms. The van der Waals surface area contributed by atoms with Crippen LogP contribution in [0, 0.1) is 0 Å². The summed E-state index contributed by atoms with van der Waals surface area (Å²) in [5.41, 5.74) is 0.631. The molecule has 0 amide bonds. The van der Waals surface area contributed by atoms with Crippen molar-refractivity contribution in [3.05, 3.63) is 22.1 Å². The van der Waals surface area contributed by atoms with Gasteiger partial charge >= 0.3 is 0 Å². The second kappa shape index (κ2) is 3.69. The van der Waals surface area contributed by atoms with Crippen LogP contribution in [0.2, 0.25) is 0 Å². The Labute approximate surface area is 90.9 Å². The summed E-state index contributed by atoms with van der Waals surface area (Å²) < 4.78 is 1.39. The minimum absolute atomic E-state index is 0.0669. The Morgan fingerprint density at radius 1 is 1.53 bits per heavy atom. The molecular weight excluding hydrogens is 212 g/mol. The molecule has 0 radical (unpaired) electrons. The van der Waals surface area contributed by atoms with Crippen LogP contribution in [0.5, 0.6) is 0 Å². The summed E-state index contributed by atoms with van der Waals surface area (Å²) in [5, 5.41) is 3.60. The Bertz CT molecular complexity index is 543. The fourth-order valence-corrected chi connectivity index (χ4v) is 1.69. The van der Waals surface area contributed by atoms with Crippen molar-refractivity contribution in [3.8, 4) is 0 Å². The summed E-state index contributed by atoms with van der Waals surface area (Å²) in [5.74, 6) is 0.594. The Balaban J connectivity index is 2.73. The third-order valence-corrected chi connectivity index (χ3v) is 2.76. The predicted molar refractivity (Wildman–Crippen MR) is 59.5 cm³/mol. The number of rotatable bonds is 2. The van der Waals surface area contributed by atoms with Crippen molar-refractivity contribution in [2.75, 3.05) is 6.26 Å². The molecule has 0 aliphatic carbocycles. The molecule has 0 bridgehead atoms. The fourth-order valence-electron chi connectivity index (χ4n) is 1.34. The molecule has 0 spiro atoms. The average molecular weight is 224 g/mol. The van der Waals surface area contributed by atoms with E-state index in [1.807, 2.05) is 20.1 Å². The number of H-pyrrole nitrogens is 1. The molecule has 0 fully saturated rings. The van der Waals surface area contributed by atoms with E-state index in [1.165, 1.54) is 16.3 Å². The van der Waals surface area contributed by atoms with Crippen molar-refractivity contribution in [2.45, 2.75) is 24.9 Å². The summed E-state index contributed by atoms with van der Waals surface area (Å²) in [4.78, 5) is 20.2. The number of nitrogens with one attached hydrogen (secondary N) is 1. The lowest BCUT2D eigenvalue weighted by Gasteiger charge is -2.02. The van der Waals surface area contributed by atoms with E-state index >= 15 is 0 Å². The first-order chi connectivity index (χ1) is 7.13. The van der Waals surface area contributed by atoms with E-state index in [2.05, 4.69) is 15.1 Å².